The Labute approximate surface area is 147 Å². The van der Waals surface area contributed by atoms with E-state index < -0.39 is 47.3 Å². The summed E-state index contributed by atoms with van der Waals surface area (Å²) in [5, 5.41) is 2.08. The molecule has 138 valence electrons. The number of hydrogen-bond donors (Lipinski definition) is 1. The van der Waals surface area contributed by atoms with Gasteiger partial charge in [0.05, 0.1) is 11.3 Å². The second-order valence-electron chi connectivity index (χ2n) is 5.48. The average molecular weight is 368 g/mol. The highest BCUT2D eigenvalue weighted by atomic mass is 19.2. The van der Waals surface area contributed by atoms with Crippen LogP contribution in [-0.4, -0.2) is 29.8 Å². The van der Waals surface area contributed by atoms with Gasteiger partial charge >= 0.3 is 0 Å². The highest BCUT2D eigenvalue weighted by Crippen LogP contribution is 2.19. The SMILES string of the molecule is CCCN(CC(=O)Nc1ccc(F)c(F)c1F)C(=O)c1ccccc1F. The number of halogens is 4. The first-order valence-corrected chi connectivity index (χ1v) is 7.82. The number of amides is 2. The van der Waals surface area contributed by atoms with E-state index in [4.69, 9.17) is 0 Å². The Morgan fingerprint density at radius 3 is 2.31 bits per heavy atom. The highest BCUT2D eigenvalue weighted by molar-refractivity contribution is 5.99. The number of rotatable bonds is 6. The van der Waals surface area contributed by atoms with Crippen LogP contribution in [0.15, 0.2) is 36.4 Å². The Balaban J connectivity index is 2.15. The molecule has 8 heteroatoms. The largest absolute Gasteiger partial charge is 0.329 e. The standard InChI is InChI=1S/C18H16F4N2O2/c1-2-9-24(18(26)11-5-3-4-6-12(11)19)10-15(25)23-14-8-7-13(20)16(21)17(14)22/h3-8H,2,9-10H2,1H3,(H,23,25). The van der Waals surface area contributed by atoms with Crippen molar-refractivity contribution in [3.63, 3.8) is 0 Å². The van der Waals surface area contributed by atoms with Gasteiger partial charge in [-0.3, -0.25) is 9.59 Å². The van der Waals surface area contributed by atoms with Gasteiger partial charge in [0.15, 0.2) is 17.5 Å². The molecule has 2 amide bonds. The van der Waals surface area contributed by atoms with Gasteiger partial charge in [0.2, 0.25) is 5.91 Å². The zero-order valence-corrected chi connectivity index (χ0v) is 13.9. The van der Waals surface area contributed by atoms with E-state index in [1.54, 1.807) is 6.92 Å². The first-order valence-electron chi connectivity index (χ1n) is 7.82. The lowest BCUT2D eigenvalue weighted by Gasteiger charge is -2.22. The summed E-state index contributed by atoms with van der Waals surface area (Å²) in [5.41, 5.74) is -0.753. The van der Waals surface area contributed by atoms with Crippen molar-refractivity contribution >= 4 is 17.5 Å². The van der Waals surface area contributed by atoms with Gasteiger partial charge in [-0.2, -0.15) is 0 Å². The number of anilines is 1. The molecular formula is C18H16F4N2O2. The molecule has 4 nitrogen and oxygen atoms in total. The molecule has 0 heterocycles. The molecule has 0 unspecified atom stereocenters. The first-order chi connectivity index (χ1) is 12.3. The summed E-state index contributed by atoms with van der Waals surface area (Å²) in [6.45, 7) is 1.41. The van der Waals surface area contributed by atoms with E-state index in [0.717, 1.165) is 17.0 Å². The molecule has 0 radical (unpaired) electrons. The van der Waals surface area contributed by atoms with Gasteiger partial charge in [0, 0.05) is 6.54 Å². The fourth-order valence-corrected chi connectivity index (χ4v) is 2.31. The molecule has 1 N–H and O–H groups in total. The minimum atomic E-state index is -1.71. The van der Waals surface area contributed by atoms with Crippen LogP contribution < -0.4 is 5.32 Å². The second kappa shape index (κ2) is 8.46. The molecule has 0 atom stereocenters. The van der Waals surface area contributed by atoms with Crippen LogP contribution in [0.4, 0.5) is 23.2 Å². The highest BCUT2D eigenvalue weighted by Gasteiger charge is 2.22. The third-order valence-electron chi connectivity index (χ3n) is 3.53. The van der Waals surface area contributed by atoms with Crippen LogP contribution in [0.25, 0.3) is 0 Å². The Morgan fingerprint density at radius 1 is 0.962 bits per heavy atom. The molecule has 0 spiro atoms. The molecule has 0 aliphatic heterocycles. The van der Waals surface area contributed by atoms with Crippen molar-refractivity contribution < 1.29 is 27.2 Å². The van der Waals surface area contributed by atoms with Crippen molar-refractivity contribution in [3.05, 3.63) is 65.2 Å². The number of nitrogens with zero attached hydrogens (tertiary/aromatic N) is 1. The molecule has 0 aromatic heterocycles. The van der Waals surface area contributed by atoms with Crippen LogP contribution in [-0.2, 0) is 4.79 Å². The molecule has 0 bridgehead atoms. The number of hydrogen-bond acceptors (Lipinski definition) is 2. The van der Waals surface area contributed by atoms with Crippen molar-refractivity contribution in [2.45, 2.75) is 13.3 Å². The fraction of sp³-hybridized carbons (Fsp3) is 0.222. The number of carbonyl (C=O) groups excluding carboxylic acids is 2. The van der Waals surface area contributed by atoms with Gasteiger partial charge in [-0.1, -0.05) is 19.1 Å². The minimum Gasteiger partial charge on any atom is -0.329 e. The lowest BCUT2D eigenvalue weighted by Crippen LogP contribution is -2.39. The zero-order valence-electron chi connectivity index (χ0n) is 13.9. The molecule has 2 aromatic rings. The summed E-state index contributed by atoms with van der Waals surface area (Å²) < 4.78 is 53.5. The molecular weight excluding hydrogens is 352 g/mol. The predicted molar refractivity (Wildman–Crippen MR) is 87.5 cm³/mol. The lowest BCUT2D eigenvalue weighted by molar-refractivity contribution is -0.116. The summed E-state index contributed by atoms with van der Waals surface area (Å²) >= 11 is 0. The lowest BCUT2D eigenvalue weighted by atomic mass is 10.1. The van der Waals surface area contributed by atoms with Crippen molar-refractivity contribution in [2.75, 3.05) is 18.4 Å². The van der Waals surface area contributed by atoms with Crippen LogP contribution in [0, 0.1) is 23.3 Å². The van der Waals surface area contributed by atoms with Gasteiger partial charge < -0.3 is 10.2 Å². The van der Waals surface area contributed by atoms with Crippen LogP contribution >= 0.6 is 0 Å². The Morgan fingerprint density at radius 2 is 1.65 bits per heavy atom. The zero-order chi connectivity index (χ0) is 19.3. The average Bonchev–Trinajstić information content (AvgIpc) is 2.62. The molecule has 2 rings (SSSR count). The van der Waals surface area contributed by atoms with Crippen molar-refractivity contribution in [1.29, 1.82) is 0 Å². The van der Waals surface area contributed by atoms with Gasteiger partial charge in [-0.25, -0.2) is 17.6 Å². The molecule has 0 saturated carbocycles. The van der Waals surface area contributed by atoms with E-state index in [2.05, 4.69) is 5.32 Å². The predicted octanol–water partition coefficient (Wildman–Crippen LogP) is 3.73. The molecule has 26 heavy (non-hydrogen) atoms. The number of nitrogens with one attached hydrogen (secondary N) is 1. The van der Waals surface area contributed by atoms with E-state index >= 15 is 0 Å². The minimum absolute atomic E-state index is 0.154. The summed E-state index contributed by atoms with van der Waals surface area (Å²) in [6.07, 6.45) is 0.493. The van der Waals surface area contributed by atoms with Crippen LogP contribution in [0.2, 0.25) is 0 Å². The Kier molecular flexibility index (Phi) is 6.32. The van der Waals surface area contributed by atoms with Crippen molar-refractivity contribution in [3.8, 4) is 0 Å². The van der Waals surface area contributed by atoms with Gasteiger partial charge in [0.1, 0.15) is 12.4 Å². The van der Waals surface area contributed by atoms with Crippen LogP contribution in [0.3, 0.4) is 0 Å². The molecule has 0 aliphatic rings. The molecule has 0 fully saturated rings. The third kappa shape index (κ3) is 4.38. The van der Waals surface area contributed by atoms with Gasteiger partial charge in [-0.05, 0) is 30.7 Å². The van der Waals surface area contributed by atoms with Gasteiger partial charge in [-0.15, -0.1) is 0 Å². The van der Waals surface area contributed by atoms with E-state index in [1.165, 1.54) is 18.2 Å². The number of carbonyl (C=O) groups is 2. The quantitative estimate of drug-likeness (QED) is 0.624. The van der Waals surface area contributed by atoms with E-state index in [-0.39, 0.29) is 12.1 Å². The maximum atomic E-state index is 13.8. The van der Waals surface area contributed by atoms with Gasteiger partial charge in [0.25, 0.3) is 5.91 Å². The van der Waals surface area contributed by atoms with Crippen molar-refractivity contribution in [1.82, 2.24) is 4.90 Å². The molecule has 0 saturated heterocycles. The third-order valence-corrected chi connectivity index (χ3v) is 3.53. The maximum absolute atomic E-state index is 13.8. The smallest absolute Gasteiger partial charge is 0.257 e. The summed E-state index contributed by atoms with van der Waals surface area (Å²) in [4.78, 5) is 25.6. The van der Waals surface area contributed by atoms with Crippen LogP contribution in [0.5, 0.6) is 0 Å². The molecule has 2 aromatic carbocycles. The first kappa shape index (κ1) is 19.4. The summed E-state index contributed by atoms with van der Waals surface area (Å²) in [6, 6.07) is 6.85. The second-order valence-corrected chi connectivity index (χ2v) is 5.48. The summed E-state index contributed by atoms with van der Waals surface area (Å²) in [5.74, 6) is -6.90. The fourth-order valence-electron chi connectivity index (χ4n) is 2.31. The summed E-state index contributed by atoms with van der Waals surface area (Å²) in [7, 11) is 0. The normalized spacial score (nSPS) is 10.5. The molecule has 0 aliphatic carbocycles. The van der Waals surface area contributed by atoms with Crippen LogP contribution in [0.1, 0.15) is 23.7 Å². The van der Waals surface area contributed by atoms with E-state index in [9.17, 15) is 27.2 Å². The Hall–Kier alpha value is -2.90. The monoisotopic (exact) mass is 368 g/mol. The van der Waals surface area contributed by atoms with E-state index in [0.29, 0.717) is 12.5 Å². The maximum Gasteiger partial charge on any atom is 0.257 e. The van der Waals surface area contributed by atoms with Crippen molar-refractivity contribution in [2.24, 2.45) is 0 Å². The Bertz CT molecular complexity index is 827. The number of benzene rings is 2. The topological polar surface area (TPSA) is 49.4 Å². The van der Waals surface area contributed by atoms with E-state index in [1.807, 2.05) is 0 Å².